The van der Waals surface area contributed by atoms with Gasteiger partial charge in [0.05, 0.1) is 15.9 Å². The molecule has 0 amide bonds. The van der Waals surface area contributed by atoms with E-state index < -0.39 is 0 Å². The summed E-state index contributed by atoms with van der Waals surface area (Å²) in [5.74, 6) is 0.916. The Kier molecular flexibility index (Phi) is 5.07. The van der Waals surface area contributed by atoms with Crippen molar-refractivity contribution in [1.29, 1.82) is 0 Å². The molecule has 0 saturated heterocycles. The topological polar surface area (TPSA) is 21.1 Å². The predicted molar refractivity (Wildman–Crippen MR) is 83.2 cm³/mol. The van der Waals surface area contributed by atoms with Crippen LogP contribution in [-0.2, 0) is 13.1 Å². The zero-order valence-corrected chi connectivity index (χ0v) is 14.2. The Morgan fingerprint density at radius 3 is 2.53 bits per heavy atom. The molecule has 0 aromatic carbocycles. The normalized spacial score (nSPS) is 24.1. The van der Waals surface area contributed by atoms with Crippen LogP contribution in [0.25, 0.3) is 0 Å². The molecular formula is C15H26BrN3. The summed E-state index contributed by atoms with van der Waals surface area (Å²) in [4.78, 5) is 2.51. The summed E-state index contributed by atoms with van der Waals surface area (Å²) in [5, 5.41) is 4.58. The highest BCUT2D eigenvalue weighted by atomic mass is 79.9. The lowest BCUT2D eigenvalue weighted by Gasteiger charge is -2.33. The second-order valence-corrected chi connectivity index (χ2v) is 6.78. The van der Waals surface area contributed by atoms with E-state index in [1.165, 1.54) is 35.8 Å². The highest BCUT2D eigenvalue weighted by molar-refractivity contribution is 9.10. The Labute approximate surface area is 125 Å². The van der Waals surface area contributed by atoms with Gasteiger partial charge in [-0.15, -0.1) is 0 Å². The van der Waals surface area contributed by atoms with Crippen molar-refractivity contribution in [1.82, 2.24) is 14.7 Å². The number of aryl methyl sites for hydroxylation is 2. The summed E-state index contributed by atoms with van der Waals surface area (Å²) in [6.45, 7) is 8.54. The van der Waals surface area contributed by atoms with Gasteiger partial charge in [0.15, 0.2) is 0 Å². The first-order valence-electron chi connectivity index (χ1n) is 7.45. The van der Waals surface area contributed by atoms with E-state index in [1.807, 2.05) is 0 Å². The van der Waals surface area contributed by atoms with Crippen molar-refractivity contribution < 1.29 is 0 Å². The number of nitrogens with zero attached hydrogens (tertiary/aromatic N) is 3. The fourth-order valence-corrected chi connectivity index (χ4v) is 3.48. The maximum atomic E-state index is 4.58. The van der Waals surface area contributed by atoms with Crippen LogP contribution in [0.3, 0.4) is 0 Å². The maximum absolute atomic E-state index is 4.58. The molecule has 0 atom stereocenters. The Morgan fingerprint density at radius 1 is 1.32 bits per heavy atom. The van der Waals surface area contributed by atoms with Crippen LogP contribution >= 0.6 is 15.9 Å². The van der Waals surface area contributed by atoms with Crippen LogP contribution in [0.5, 0.6) is 0 Å². The quantitative estimate of drug-likeness (QED) is 0.833. The summed E-state index contributed by atoms with van der Waals surface area (Å²) >= 11 is 3.69. The van der Waals surface area contributed by atoms with Crippen molar-refractivity contribution >= 4 is 15.9 Å². The summed E-state index contributed by atoms with van der Waals surface area (Å²) in [5.41, 5.74) is 2.42. The average Bonchev–Trinajstić information content (AvgIpc) is 2.67. The molecule has 1 fully saturated rings. The maximum Gasteiger partial charge on any atom is 0.0739 e. The van der Waals surface area contributed by atoms with Crippen LogP contribution in [0, 0.1) is 12.8 Å². The van der Waals surface area contributed by atoms with Gasteiger partial charge in [0.1, 0.15) is 0 Å². The van der Waals surface area contributed by atoms with Gasteiger partial charge in [0.2, 0.25) is 0 Å². The van der Waals surface area contributed by atoms with Gasteiger partial charge in [0.25, 0.3) is 0 Å². The van der Waals surface area contributed by atoms with E-state index >= 15 is 0 Å². The molecule has 3 nitrogen and oxygen atoms in total. The van der Waals surface area contributed by atoms with Gasteiger partial charge >= 0.3 is 0 Å². The Bertz CT molecular complexity index is 419. The minimum atomic E-state index is 0.739. The molecule has 1 heterocycles. The standard InChI is InChI=1S/C15H26BrN3/c1-5-19-14(15(16)12(3)17-19)10-18(4)13-8-6-11(2)7-9-13/h11,13H,5-10H2,1-4H3. The summed E-state index contributed by atoms with van der Waals surface area (Å²) < 4.78 is 3.31. The fourth-order valence-electron chi connectivity index (χ4n) is 3.07. The molecule has 1 aliphatic carbocycles. The Hall–Kier alpha value is -0.350. The molecule has 0 N–H and O–H groups in total. The summed E-state index contributed by atoms with van der Waals surface area (Å²) in [7, 11) is 2.26. The Balaban J connectivity index is 2.04. The molecule has 0 unspecified atom stereocenters. The second kappa shape index (κ2) is 6.40. The SMILES string of the molecule is CCn1nc(C)c(Br)c1CN(C)C1CCC(C)CC1. The monoisotopic (exact) mass is 327 g/mol. The van der Waals surface area contributed by atoms with Crippen LogP contribution in [0.2, 0.25) is 0 Å². The molecule has 0 bridgehead atoms. The zero-order chi connectivity index (χ0) is 14.0. The van der Waals surface area contributed by atoms with Gasteiger partial charge in [-0.25, -0.2) is 0 Å². The van der Waals surface area contributed by atoms with E-state index in [0.717, 1.165) is 30.7 Å². The predicted octanol–water partition coefficient (Wildman–Crippen LogP) is 3.98. The molecule has 1 aromatic heterocycles. The van der Waals surface area contributed by atoms with Crippen molar-refractivity contribution in [2.75, 3.05) is 7.05 Å². The molecule has 108 valence electrons. The van der Waals surface area contributed by atoms with Crippen LogP contribution in [0.15, 0.2) is 4.47 Å². The molecule has 0 aliphatic heterocycles. The van der Waals surface area contributed by atoms with Crippen LogP contribution in [0.1, 0.15) is 50.9 Å². The largest absolute Gasteiger partial charge is 0.298 e. The first-order chi connectivity index (χ1) is 9.02. The van der Waals surface area contributed by atoms with Gasteiger partial charge < -0.3 is 0 Å². The first-order valence-corrected chi connectivity index (χ1v) is 8.24. The average molecular weight is 328 g/mol. The van der Waals surface area contributed by atoms with E-state index in [2.05, 4.69) is 58.4 Å². The van der Waals surface area contributed by atoms with Gasteiger partial charge in [-0.2, -0.15) is 5.10 Å². The molecule has 0 spiro atoms. The number of hydrogen-bond acceptors (Lipinski definition) is 2. The van der Waals surface area contributed by atoms with Crippen LogP contribution in [0.4, 0.5) is 0 Å². The molecule has 1 saturated carbocycles. The minimum Gasteiger partial charge on any atom is -0.298 e. The Morgan fingerprint density at radius 2 is 1.95 bits per heavy atom. The summed E-state index contributed by atoms with van der Waals surface area (Å²) in [6.07, 6.45) is 5.44. The molecule has 4 heteroatoms. The number of halogens is 1. The van der Waals surface area contributed by atoms with E-state index in [0.29, 0.717) is 0 Å². The van der Waals surface area contributed by atoms with Gasteiger partial charge in [-0.05, 0) is 68.4 Å². The van der Waals surface area contributed by atoms with Crippen molar-refractivity contribution in [3.63, 3.8) is 0 Å². The van der Waals surface area contributed by atoms with E-state index in [1.54, 1.807) is 0 Å². The highest BCUT2D eigenvalue weighted by Gasteiger charge is 2.23. The third-order valence-electron chi connectivity index (χ3n) is 4.46. The lowest BCUT2D eigenvalue weighted by molar-refractivity contribution is 0.160. The van der Waals surface area contributed by atoms with Crippen molar-refractivity contribution in [2.24, 2.45) is 5.92 Å². The number of hydrogen-bond donors (Lipinski definition) is 0. The third-order valence-corrected chi connectivity index (χ3v) is 5.49. The van der Waals surface area contributed by atoms with E-state index in [9.17, 15) is 0 Å². The molecule has 1 aliphatic rings. The van der Waals surface area contributed by atoms with Crippen molar-refractivity contribution in [2.45, 2.75) is 65.6 Å². The van der Waals surface area contributed by atoms with Crippen LogP contribution in [-0.4, -0.2) is 27.8 Å². The van der Waals surface area contributed by atoms with Gasteiger partial charge in [-0.3, -0.25) is 9.58 Å². The molecular weight excluding hydrogens is 302 g/mol. The van der Waals surface area contributed by atoms with E-state index in [-0.39, 0.29) is 0 Å². The third kappa shape index (κ3) is 3.40. The number of aromatic nitrogens is 2. The van der Waals surface area contributed by atoms with Gasteiger partial charge in [0, 0.05) is 19.1 Å². The van der Waals surface area contributed by atoms with Gasteiger partial charge in [-0.1, -0.05) is 6.92 Å². The zero-order valence-electron chi connectivity index (χ0n) is 12.6. The fraction of sp³-hybridized carbons (Fsp3) is 0.800. The first kappa shape index (κ1) is 15.0. The van der Waals surface area contributed by atoms with E-state index in [4.69, 9.17) is 0 Å². The molecule has 2 rings (SSSR count). The highest BCUT2D eigenvalue weighted by Crippen LogP contribution is 2.29. The van der Waals surface area contributed by atoms with Crippen molar-refractivity contribution in [3.8, 4) is 0 Å². The lowest BCUT2D eigenvalue weighted by atomic mass is 9.87. The molecule has 19 heavy (non-hydrogen) atoms. The van der Waals surface area contributed by atoms with Crippen LogP contribution < -0.4 is 0 Å². The molecule has 0 radical (unpaired) electrons. The smallest absolute Gasteiger partial charge is 0.0739 e. The van der Waals surface area contributed by atoms with Crippen molar-refractivity contribution in [3.05, 3.63) is 15.9 Å². The number of rotatable bonds is 4. The lowest BCUT2D eigenvalue weighted by Crippen LogP contribution is -2.35. The minimum absolute atomic E-state index is 0.739. The second-order valence-electron chi connectivity index (χ2n) is 5.99. The summed E-state index contributed by atoms with van der Waals surface area (Å²) in [6, 6.07) is 0.739. The molecule has 1 aromatic rings.